The third-order valence-electron chi connectivity index (χ3n) is 3.84. The summed E-state index contributed by atoms with van der Waals surface area (Å²) < 4.78 is 5.68. The molecular weight excluding hydrogens is 377 g/mol. The fourth-order valence-corrected chi connectivity index (χ4v) is 2.54. The van der Waals surface area contributed by atoms with Gasteiger partial charge in [0.05, 0.1) is 6.10 Å². The number of hydrogen-bond acceptors (Lipinski definition) is 2. The average Bonchev–Trinajstić information content (AvgIpc) is 2.47. The van der Waals surface area contributed by atoms with Gasteiger partial charge in [0.15, 0.2) is 5.96 Å². The highest BCUT2D eigenvalue weighted by atomic mass is 127. The standard InChI is InChI=1S/C16H33N3O.HI/c1-2-3-4-5-6-8-12-18-16(17)19-13-11-15-10-7-9-14-20-15;/h15H,2-14H2,1H3,(H3,17,18,19);1H. The summed E-state index contributed by atoms with van der Waals surface area (Å²) in [5.74, 6) is 0.592. The van der Waals surface area contributed by atoms with E-state index in [4.69, 9.17) is 10.5 Å². The van der Waals surface area contributed by atoms with Gasteiger partial charge in [-0.15, -0.1) is 24.0 Å². The topological polar surface area (TPSA) is 59.6 Å². The fourth-order valence-electron chi connectivity index (χ4n) is 2.54. The van der Waals surface area contributed by atoms with Crippen LogP contribution in [0, 0.1) is 0 Å². The van der Waals surface area contributed by atoms with Gasteiger partial charge < -0.3 is 15.8 Å². The zero-order valence-electron chi connectivity index (χ0n) is 13.6. The van der Waals surface area contributed by atoms with Crippen LogP contribution in [0.2, 0.25) is 0 Å². The van der Waals surface area contributed by atoms with E-state index >= 15 is 0 Å². The molecule has 0 aliphatic carbocycles. The predicted octanol–water partition coefficient (Wildman–Crippen LogP) is 3.83. The molecule has 0 aromatic heterocycles. The third-order valence-corrected chi connectivity index (χ3v) is 3.84. The van der Waals surface area contributed by atoms with Gasteiger partial charge in [-0.25, -0.2) is 0 Å². The average molecular weight is 411 g/mol. The van der Waals surface area contributed by atoms with Crippen LogP contribution in [0.3, 0.4) is 0 Å². The first kappa shape index (κ1) is 21.0. The summed E-state index contributed by atoms with van der Waals surface area (Å²) in [6.07, 6.45) is 12.9. The van der Waals surface area contributed by atoms with Crippen LogP contribution in [0.15, 0.2) is 4.99 Å². The van der Waals surface area contributed by atoms with E-state index in [1.165, 1.54) is 51.4 Å². The number of aliphatic imine (C=N–C) groups is 1. The van der Waals surface area contributed by atoms with E-state index in [9.17, 15) is 0 Å². The minimum Gasteiger partial charge on any atom is -0.378 e. The Kier molecular flexibility index (Phi) is 14.9. The Labute approximate surface area is 147 Å². The number of ether oxygens (including phenoxy) is 1. The number of guanidine groups is 1. The van der Waals surface area contributed by atoms with Crippen LogP contribution in [0.25, 0.3) is 0 Å². The lowest BCUT2D eigenvalue weighted by molar-refractivity contribution is 0.0122. The summed E-state index contributed by atoms with van der Waals surface area (Å²) in [5, 5.41) is 3.19. The van der Waals surface area contributed by atoms with E-state index < -0.39 is 0 Å². The molecule has 0 bridgehead atoms. The van der Waals surface area contributed by atoms with Crippen molar-refractivity contribution < 1.29 is 4.74 Å². The highest BCUT2D eigenvalue weighted by Crippen LogP contribution is 2.14. The monoisotopic (exact) mass is 411 g/mol. The van der Waals surface area contributed by atoms with Crippen molar-refractivity contribution in [2.45, 2.75) is 77.2 Å². The maximum Gasteiger partial charge on any atom is 0.188 e. The molecule has 0 spiro atoms. The van der Waals surface area contributed by atoms with Gasteiger partial charge >= 0.3 is 0 Å². The number of unbranched alkanes of at least 4 members (excludes halogenated alkanes) is 5. The SMILES string of the molecule is CCCCCCCCN=C(N)NCCC1CCCCO1.I. The molecule has 0 aromatic carbocycles. The lowest BCUT2D eigenvalue weighted by atomic mass is 10.1. The van der Waals surface area contributed by atoms with E-state index in [2.05, 4.69) is 17.2 Å². The second-order valence-electron chi connectivity index (χ2n) is 5.74. The Morgan fingerprint density at radius 2 is 1.95 bits per heavy atom. The molecule has 0 amide bonds. The van der Waals surface area contributed by atoms with Crippen molar-refractivity contribution in [3.05, 3.63) is 0 Å². The molecule has 126 valence electrons. The molecule has 1 aliphatic heterocycles. The Morgan fingerprint density at radius 1 is 1.19 bits per heavy atom. The second-order valence-corrected chi connectivity index (χ2v) is 5.74. The van der Waals surface area contributed by atoms with E-state index in [0.717, 1.165) is 32.5 Å². The van der Waals surface area contributed by atoms with Gasteiger partial charge in [-0.1, -0.05) is 39.0 Å². The Bertz CT molecular complexity index is 256. The lowest BCUT2D eigenvalue weighted by Crippen LogP contribution is -2.34. The normalized spacial score (nSPS) is 19.1. The molecule has 1 unspecified atom stereocenters. The Hall–Kier alpha value is -0.0400. The van der Waals surface area contributed by atoms with Crippen LogP contribution in [-0.2, 0) is 4.74 Å². The van der Waals surface area contributed by atoms with Crippen LogP contribution in [0.5, 0.6) is 0 Å². The van der Waals surface area contributed by atoms with Gasteiger partial charge in [-0.2, -0.15) is 0 Å². The molecule has 3 N–H and O–H groups in total. The number of nitrogens with one attached hydrogen (secondary N) is 1. The number of hydrogen-bond donors (Lipinski definition) is 2. The molecule has 1 atom stereocenters. The summed E-state index contributed by atoms with van der Waals surface area (Å²) in [7, 11) is 0. The van der Waals surface area contributed by atoms with Gasteiger partial charge in [0.1, 0.15) is 0 Å². The van der Waals surface area contributed by atoms with Gasteiger partial charge in [0, 0.05) is 19.7 Å². The molecule has 1 aliphatic rings. The third kappa shape index (κ3) is 12.2. The van der Waals surface area contributed by atoms with Crippen molar-refractivity contribution in [1.82, 2.24) is 5.32 Å². The molecular formula is C16H34IN3O. The molecule has 0 radical (unpaired) electrons. The van der Waals surface area contributed by atoms with Crippen molar-refractivity contribution in [3.63, 3.8) is 0 Å². The molecule has 0 aromatic rings. The van der Waals surface area contributed by atoms with E-state index in [-0.39, 0.29) is 24.0 Å². The minimum atomic E-state index is 0. The molecule has 1 saturated heterocycles. The Morgan fingerprint density at radius 3 is 2.67 bits per heavy atom. The smallest absolute Gasteiger partial charge is 0.188 e. The van der Waals surface area contributed by atoms with Gasteiger partial charge in [-0.05, 0) is 32.1 Å². The highest BCUT2D eigenvalue weighted by molar-refractivity contribution is 14.0. The van der Waals surface area contributed by atoms with E-state index in [0.29, 0.717) is 12.1 Å². The van der Waals surface area contributed by atoms with E-state index in [1.807, 2.05) is 0 Å². The first-order chi connectivity index (χ1) is 9.83. The van der Waals surface area contributed by atoms with E-state index in [1.54, 1.807) is 0 Å². The largest absolute Gasteiger partial charge is 0.378 e. The van der Waals surface area contributed by atoms with Crippen LogP contribution in [0.1, 0.15) is 71.1 Å². The van der Waals surface area contributed by atoms with Crippen LogP contribution < -0.4 is 11.1 Å². The molecule has 1 heterocycles. The van der Waals surface area contributed by atoms with Crippen LogP contribution in [0.4, 0.5) is 0 Å². The van der Waals surface area contributed by atoms with Gasteiger partial charge in [0.2, 0.25) is 0 Å². The first-order valence-electron chi connectivity index (χ1n) is 8.48. The number of nitrogens with zero attached hydrogens (tertiary/aromatic N) is 1. The highest BCUT2D eigenvalue weighted by Gasteiger charge is 2.12. The summed E-state index contributed by atoms with van der Waals surface area (Å²) in [5.41, 5.74) is 5.85. The second kappa shape index (κ2) is 14.9. The van der Waals surface area contributed by atoms with Gasteiger partial charge in [-0.3, -0.25) is 4.99 Å². The minimum absolute atomic E-state index is 0. The molecule has 1 rings (SSSR count). The zero-order chi connectivity index (χ0) is 14.5. The molecule has 1 fully saturated rings. The van der Waals surface area contributed by atoms with Crippen LogP contribution in [-0.4, -0.2) is 31.8 Å². The quantitative estimate of drug-likeness (QED) is 0.249. The molecule has 21 heavy (non-hydrogen) atoms. The summed E-state index contributed by atoms with van der Waals surface area (Å²) in [4.78, 5) is 4.37. The number of nitrogens with two attached hydrogens (primary N) is 1. The molecule has 4 nitrogen and oxygen atoms in total. The summed E-state index contributed by atoms with van der Waals surface area (Å²) >= 11 is 0. The molecule has 5 heteroatoms. The zero-order valence-corrected chi connectivity index (χ0v) is 15.9. The van der Waals surface area contributed by atoms with Crippen molar-refractivity contribution in [2.24, 2.45) is 10.7 Å². The van der Waals surface area contributed by atoms with Crippen LogP contribution >= 0.6 is 24.0 Å². The van der Waals surface area contributed by atoms with Crippen molar-refractivity contribution in [1.29, 1.82) is 0 Å². The maximum atomic E-state index is 5.85. The number of halogens is 1. The lowest BCUT2D eigenvalue weighted by Gasteiger charge is -2.22. The van der Waals surface area contributed by atoms with Crippen molar-refractivity contribution in [3.8, 4) is 0 Å². The molecule has 0 saturated carbocycles. The van der Waals surface area contributed by atoms with Gasteiger partial charge in [0.25, 0.3) is 0 Å². The van der Waals surface area contributed by atoms with Crippen molar-refractivity contribution in [2.75, 3.05) is 19.7 Å². The predicted molar refractivity (Wildman–Crippen MR) is 101 cm³/mol. The first-order valence-corrected chi connectivity index (χ1v) is 8.48. The maximum absolute atomic E-state index is 5.85. The Balaban J connectivity index is 0.00000400. The fraction of sp³-hybridized carbons (Fsp3) is 0.938. The summed E-state index contributed by atoms with van der Waals surface area (Å²) in [6, 6.07) is 0. The van der Waals surface area contributed by atoms with Crippen molar-refractivity contribution >= 4 is 29.9 Å². The number of rotatable bonds is 10. The summed E-state index contributed by atoms with van der Waals surface area (Å²) in [6.45, 7) is 4.89.